The van der Waals surface area contributed by atoms with Gasteiger partial charge in [0, 0.05) is 5.38 Å². The van der Waals surface area contributed by atoms with Gasteiger partial charge in [-0.25, -0.2) is 19.1 Å². The number of para-hydroxylation sites is 2. The quantitative estimate of drug-likeness (QED) is 0.715. The number of fused-ring (bicyclic) bond motifs is 1. The van der Waals surface area contributed by atoms with Gasteiger partial charge in [0.2, 0.25) is 0 Å². The Morgan fingerprint density at radius 2 is 1.92 bits per heavy atom. The topological polar surface area (TPSA) is 77.1 Å². The van der Waals surface area contributed by atoms with Crippen molar-refractivity contribution in [3.63, 3.8) is 0 Å². The number of imidazole rings is 1. The van der Waals surface area contributed by atoms with Crippen molar-refractivity contribution in [3.05, 3.63) is 44.7 Å². The molecule has 0 saturated carbocycles. The van der Waals surface area contributed by atoms with Gasteiger partial charge < -0.3 is 5.11 Å². The minimum Gasteiger partial charge on any atom is -0.480 e. The monoisotopic (exact) mass is 409 g/mol. The molecule has 8 heteroatoms. The van der Waals surface area contributed by atoms with E-state index in [1.165, 1.54) is 20.5 Å². The van der Waals surface area contributed by atoms with E-state index in [0.717, 1.165) is 0 Å². The number of hydrogen-bond acceptors (Lipinski definition) is 4. The fourth-order valence-corrected chi connectivity index (χ4v) is 4.08. The summed E-state index contributed by atoms with van der Waals surface area (Å²) >= 11 is 4.61. The van der Waals surface area contributed by atoms with E-state index in [-0.39, 0.29) is 0 Å². The summed E-state index contributed by atoms with van der Waals surface area (Å²) in [5.74, 6) is -1.03. The Balaban J connectivity index is 2.40. The number of aliphatic carboxylic acids is 1. The molecule has 6 nitrogen and oxygen atoms in total. The number of nitrogens with zero attached hydrogens (tertiary/aromatic N) is 3. The Bertz CT molecular complexity index is 981. The lowest BCUT2D eigenvalue weighted by molar-refractivity contribution is -0.144. The Hall–Kier alpha value is -1.93. The molecule has 0 fully saturated rings. The summed E-state index contributed by atoms with van der Waals surface area (Å²) in [5, 5.41) is 12.0. The van der Waals surface area contributed by atoms with Gasteiger partial charge in [0.05, 0.1) is 11.0 Å². The van der Waals surface area contributed by atoms with Gasteiger partial charge in [-0.2, -0.15) is 0 Å². The highest BCUT2D eigenvalue weighted by Crippen LogP contribution is 2.33. The molecule has 0 aliphatic carbocycles. The lowest BCUT2D eigenvalue weighted by Gasteiger charge is -2.27. The molecule has 1 unspecified atom stereocenters. The fraction of sp³-hybridized carbons (Fsp3) is 0.312. The van der Waals surface area contributed by atoms with Gasteiger partial charge >= 0.3 is 11.7 Å². The highest BCUT2D eigenvalue weighted by molar-refractivity contribution is 9.10. The standard InChI is InChI=1S/C16H16BrN3O3S/c1-16(2,3)12(13(21)22)19-9-6-4-5-7-10(9)20(15(19)23)14-18-11(17)8-24-14/h4-8,12H,1-3H3,(H,21,22). The molecule has 1 atom stereocenters. The van der Waals surface area contributed by atoms with E-state index >= 15 is 0 Å². The van der Waals surface area contributed by atoms with Crippen LogP contribution >= 0.6 is 27.3 Å². The normalized spacial score (nSPS) is 13.3. The second kappa shape index (κ2) is 5.86. The largest absolute Gasteiger partial charge is 0.480 e. The minimum absolute atomic E-state index is 0.402. The zero-order chi connectivity index (χ0) is 17.6. The van der Waals surface area contributed by atoms with Crippen molar-refractivity contribution in [1.82, 2.24) is 14.1 Å². The lowest BCUT2D eigenvalue weighted by atomic mass is 9.86. The molecule has 0 saturated heterocycles. The smallest absolute Gasteiger partial charge is 0.336 e. The Morgan fingerprint density at radius 1 is 1.29 bits per heavy atom. The molecule has 2 aromatic heterocycles. The first-order valence-electron chi connectivity index (χ1n) is 7.28. The molecular weight excluding hydrogens is 394 g/mol. The highest BCUT2D eigenvalue weighted by Gasteiger charge is 2.36. The molecule has 0 radical (unpaired) electrons. The zero-order valence-corrected chi connectivity index (χ0v) is 15.8. The van der Waals surface area contributed by atoms with Gasteiger partial charge in [0.25, 0.3) is 0 Å². The summed E-state index contributed by atoms with van der Waals surface area (Å²) in [4.78, 5) is 29.3. The number of carboxylic acid groups (broad SMARTS) is 1. The molecule has 2 heterocycles. The minimum atomic E-state index is -1.03. The van der Waals surface area contributed by atoms with Crippen LogP contribution in [0.3, 0.4) is 0 Å². The third-order valence-corrected chi connectivity index (χ3v) is 5.28. The van der Waals surface area contributed by atoms with Crippen LogP contribution in [0.5, 0.6) is 0 Å². The first-order valence-corrected chi connectivity index (χ1v) is 8.95. The van der Waals surface area contributed by atoms with Gasteiger partial charge in [-0.15, -0.1) is 11.3 Å². The third kappa shape index (κ3) is 2.69. The average Bonchev–Trinajstić information content (AvgIpc) is 3.00. The van der Waals surface area contributed by atoms with E-state index in [1.807, 2.05) is 26.8 Å². The average molecular weight is 410 g/mol. The molecule has 1 aromatic carbocycles. The molecular formula is C16H16BrN3O3S. The number of carboxylic acids is 1. The number of aromatic nitrogens is 3. The predicted molar refractivity (Wildman–Crippen MR) is 97.0 cm³/mol. The Morgan fingerprint density at radius 3 is 2.42 bits per heavy atom. The summed E-state index contributed by atoms with van der Waals surface area (Å²) in [6.45, 7) is 5.43. The summed E-state index contributed by atoms with van der Waals surface area (Å²) < 4.78 is 3.45. The van der Waals surface area contributed by atoms with Gasteiger partial charge in [-0.1, -0.05) is 32.9 Å². The Kier molecular flexibility index (Phi) is 4.13. The second-order valence-corrected chi connectivity index (χ2v) is 8.19. The van der Waals surface area contributed by atoms with Crippen LogP contribution in [-0.2, 0) is 4.79 Å². The number of rotatable bonds is 3. The second-order valence-electron chi connectivity index (χ2n) is 6.54. The molecule has 0 aliphatic heterocycles. The summed E-state index contributed by atoms with van der Waals surface area (Å²) in [6, 6.07) is 6.18. The van der Waals surface area contributed by atoms with Crippen molar-refractivity contribution in [1.29, 1.82) is 0 Å². The van der Waals surface area contributed by atoms with Crippen LogP contribution in [-0.4, -0.2) is 25.2 Å². The molecule has 0 spiro atoms. The molecule has 3 rings (SSSR count). The first kappa shape index (κ1) is 16.9. The van der Waals surface area contributed by atoms with Crippen LogP contribution in [0.4, 0.5) is 0 Å². The van der Waals surface area contributed by atoms with E-state index in [1.54, 1.807) is 23.6 Å². The lowest BCUT2D eigenvalue weighted by Crippen LogP contribution is -2.38. The fourth-order valence-electron chi connectivity index (χ4n) is 2.82. The van der Waals surface area contributed by atoms with Crippen LogP contribution in [0, 0.1) is 5.41 Å². The van der Waals surface area contributed by atoms with Gasteiger partial charge in [0.1, 0.15) is 10.6 Å². The van der Waals surface area contributed by atoms with Crippen molar-refractivity contribution in [2.75, 3.05) is 0 Å². The van der Waals surface area contributed by atoms with Crippen LogP contribution in [0.25, 0.3) is 16.2 Å². The summed E-state index contributed by atoms with van der Waals surface area (Å²) in [5.41, 5.74) is 0.185. The molecule has 0 aliphatic rings. The van der Waals surface area contributed by atoms with Crippen molar-refractivity contribution in [2.45, 2.75) is 26.8 Å². The van der Waals surface area contributed by atoms with Crippen LogP contribution in [0.15, 0.2) is 39.0 Å². The van der Waals surface area contributed by atoms with E-state index < -0.39 is 23.1 Å². The Labute approximate surface area is 150 Å². The number of hydrogen-bond donors (Lipinski definition) is 1. The predicted octanol–water partition coefficient (Wildman–Crippen LogP) is 3.68. The number of carbonyl (C=O) groups is 1. The van der Waals surface area contributed by atoms with Gasteiger partial charge in [-0.3, -0.25) is 4.57 Å². The zero-order valence-electron chi connectivity index (χ0n) is 13.4. The third-order valence-electron chi connectivity index (χ3n) is 3.75. The van der Waals surface area contributed by atoms with E-state index in [4.69, 9.17) is 0 Å². The molecule has 1 N–H and O–H groups in total. The maximum Gasteiger partial charge on any atom is 0.336 e. The summed E-state index contributed by atoms with van der Waals surface area (Å²) in [6.07, 6.45) is 0. The van der Waals surface area contributed by atoms with Crippen LogP contribution < -0.4 is 5.69 Å². The van der Waals surface area contributed by atoms with E-state index in [0.29, 0.717) is 20.8 Å². The highest BCUT2D eigenvalue weighted by atomic mass is 79.9. The summed E-state index contributed by atoms with van der Waals surface area (Å²) in [7, 11) is 0. The van der Waals surface area contributed by atoms with E-state index in [2.05, 4.69) is 20.9 Å². The SMILES string of the molecule is CC(C)(C)C(C(=O)O)n1c(=O)n(-c2nc(Br)cs2)c2ccccc21. The number of thiazole rings is 1. The van der Waals surface area contributed by atoms with Crippen LogP contribution in [0.1, 0.15) is 26.8 Å². The van der Waals surface area contributed by atoms with Crippen molar-refractivity contribution in [2.24, 2.45) is 5.41 Å². The number of halogens is 1. The molecule has 0 amide bonds. The number of benzene rings is 1. The van der Waals surface area contributed by atoms with Crippen molar-refractivity contribution < 1.29 is 9.90 Å². The molecule has 126 valence electrons. The molecule has 3 aromatic rings. The van der Waals surface area contributed by atoms with Gasteiger partial charge in [-0.05, 0) is 33.5 Å². The van der Waals surface area contributed by atoms with Crippen molar-refractivity contribution >= 4 is 44.3 Å². The molecule has 24 heavy (non-hydrogen) atoms. The maximum atomic E-state index is 13.1. The molecule has 0 bridgehead atoms. The first-order chi connectivity index (χ1) is 11.2. The van der Waals surface area contributed by atoms with Crippen molar-refractivity contribution in [3.8, 4) is 5.13 Å². The van der Waals surface area contributed by atoms with Gasteiger partial charge in [0.15, 0.2) is 5.13 Å². The van der Waals surface area contributed by atoms with E-state index in [9.17, 15) is 14.7 Å². The maximum absolute atomic E-state index is 13.1. The van der Waals surface area contributed by atoms with Crippen LogP contribution in [0.2, 0.25) is 0 Å².